The number of oxime groups is 2. The lowest BCUT2D eigenvalue weighted by Gasteiger charge is -2.26. The highest BCUT2D eigenvalue weighted by Gasteiger charge is 2.32. The summed E-state index contributed by atoms with van der Waals surface area (Å²) >= 11 is 0. The number of ether oxygens (including phenoxy) is 4. The number of esters is 1. The second-order valence-electron chi connectivity index (χ2n) is 7.89. The van der Waals surface area contributed by atoms with Gasteiger partial charge in [-0.2, -0.15) is 0 Å². The van der Waals surface area contributed by atoms with Gasteiger partial charge in [-0.15, -0.1) is 0 Å². The van der Waals surface area contributed by atoms with Crippen LogP contribution in [0.25, 0.3) is 0 Å². The zero-order valence-corrected chi connectivity index (χ0v) is 20.2. The maximum Gasteiger partial charge on any atom is 0.338 e. The van der Waals surface area contributed by atoms with Crippen molar-refractivity contribution in [2.45, 2.75) is 26.4 Å². The van der Waals surface area contributed by atoms with Crippen molar-refractivity contribution in [3.05, 3.63) is 76.4 Å². The van der Waals surface area contributed by atoms with Crippen LogP contribution in [0.15, 0.2) is 64.4 Å². The largest absolute Gasteiger partial charge is 0.497 e. The summed E-state index contributed by atoms with van der Waals surface area (Å²) in [5, 5.41) is 25.9. The van der Waals surface area contributed by atoms with Gasteiger partial charge in [-0.3, -0.25) is 0 Å². The van der Waals surface area contributed by atoms with Crippen LogP contribution in [0, 0.1) is 0 Å². The van der Waals surface area contributed by atoms with Gasteiger partial charge < -0.3 is 29.4 Å². The molecule has 2 N–H and O–H groups in total. The van der Waals surface area contributed by atoms with E-state index < -0.39 is 12.1 Å². The van der Waals surface area contributed by atoms with Gasteiger partial charge >= 0.3 is 5.97 Å². The third kappa shape index (κ3) is 5.29. The fraction of sp³-hybridized carbons (Fsp3) is 0.269. The predicted octanol–water partition coefficient (Wildman–Crippen LogP) is 4.89. The van der Waals surface area contributed by atoms with E-state index in [9.17, 15) is 15.2 Å². The lowest BCUT2D eigenvalue weighted by atomic mass is 9.88. The Bertz CT molecular complexity index is 1210. The van der Waals surface area contributed by atoms with Crippen LogP contribution in [0.1, 0.15) is 53.4 Å². The Balaban J connectivity index is 2.17. The van der Waals surface area contributed by atoms with Gasteiger partial charge in [0.2, 0.25) is 0 Å². The first-order valence-corrected chi connectivity index (χ1v) is 10.8. The number of allylic oxidation sites excluding steroid dienone is 3. The number of carbonyl (C=O) groups excluding carboxylic acids is 1. The van der Waals surface area contributed by atoms with Crippen LogP contribution in [-0.2, 0) is 4.74 Å². The summed E-state index contributed by atoms with van der Waals surface area (Å²) in [4.78, 5) is 13.1. The number of benzene rings is 2. The van der Waals surface area contributed by atoms with Crippen LogP contribution in [0.2, 0.25) is 0 Å². The summed E-state index contributed by atoms with van der Waals surface area (Å²) in [6.45, 7) is 3.89. The fourth-order valence-electron chi connectivity index (χ4n) is 3.78. The standard InChI is InChI=1S/C26H28N2O7/c1-15(2)6-13-21(35-26(29)16-7-9-17(32-3)10-8-16)18-14-22(33-4)23-19(27-30)11-12-20(28-31)24(23)25(18)34-5/h6-12,14,21,30-31H,13H2,1-5H3/t21-/m0/s1. The van der Waals surface area contributed by atoms with Crippen molar-refractivity contribution >= 4 is 17.4 Å². The second kappa shape index (κ2) is 11.2. The van der Waals surface area contributed by atoms with Crippen LogP contribution < -0.4 is 14.2 Å². The molecular formula is C26H28N2O7. The van der Waals surface area contributed by atoms with Gasteiger partial charge in [0, 0.05) is 12.0 Å². The predicted molar refractivity (Wildman–Crippen MR) is 131 cm³/mol. The highest BCUT2D eigenvalue weighted by atomic mass is 16.5. The van der Waals surface area contributed by atoms with Crippen molar-refractivity contribution in [1.29, 1.82) is 0 Å². The smallest absolute Gasteiger partial charge is 0.338 e. The fourth-order valence-corrected chi connectivity index (χ4v) is 3.78. The molecule has 3 rings (SSSR count). The lowest BCUT2D eigenvalue weighted by Crippen LogP contribution is -2.20. The molecule has 1 atom stereocenters. The summed E-state index contributed by atoms with van der Waals surface area (Å²) in [5.74, 6) is 0.714. The Morgan fingerprint density at radius 2 is 1.57 bits per heavy atom. The SMILES string of the molecule is COc1ccc(C(=O)O[C@@H](CC=C(C)C)c2cc(OC)c3c(c2OC)C(=NO)C=CC3=NO)cc1. The summed E-state index contributed by atoms with van der Waals surface area (Å²) in [5.41, 5.74) is 2.99. The zero-order chi connectivity index (χ0) is 25.5. The minimum atomic E-state index is -0.769. The Morgan fingerprint density at radius 3 is 2.09 bits per heavy atom. The molecule has 0 saturated carbocycles. The average molecular weight is 481 g/mol. The molecule has 0 unspecified atom stereocenters. The molecule has 1 aliphatic rings. The van der Waals surface area contributed by atoms with Gasteiger partial charge in [0.1, 0.15) is 34.8 Å². The van der Waals surface area contributed by atoms with E-state index in [1.165, 1.54) is 26.4 Å². The van der Waals surface area contributed by atoms with E-state index in [2.05, 4.69) is 10.3 Å². The topological polar surface area (TPSA) is 119 Å². The van der Waals surface area contributed by atoms with E-state index in [1.807, 2.05) is 19.9 Å². The molecule has 35 heavy (non-hydrogen) atoms. The summed E-state index contributed by atoms with van der Waals surface area (Å²) in [7, 11) is 4.46. The van der Waals surface area contributed by atoms with Gasteiger partial charge in [0.05, 0.1) is 38.0 Å². The number of rotatable bonds is 8. The average Bonchev–Trinajstić information content (AvgIpc) is 2.89. The molecule has 0 radical (unpaired) electrons. The first kappa shape index (κ1) is 25.4. The molecule has 0 aliphatic heterocycles. The van der Waals surface area contributed by atoms with Crippen molar-refractivity contribution in [3.8, 4) is 17.2 Å². The van der Waals surface area contributed by atoms with Crippen molar-refractivity contribution in [2.75, 3.05) is 21.3 Å². The van der Waals surface area contributed by atoms with E-state index in [-0.39, 0.29) is 11.4 Å². The summed E-state index contributed by atoms with van der Waals surface area (Å²) < 4.78 is 22.4. The highest BCUT2D eigenvalue weighted by molar-refractivity contribution is 6.27. The molecule has 0 heterocycles. The number of hydrogen-bond acceptors (Lipinski definition) is 9. The van der Waals surface area contributed by atoms with E-state index in [1.54, 1.807) is 37.4 Å². The number of nitrogens with zero attached hydrogens (tertiary/aromatic N) is 2. The normalized spacial score (nSPS) is 15.3. The lowest BCUT2D eigenvalue weighted by molar-refractivity contribution is 0.0297. The minimum absolute atomic E-state index is 0.173. The molecule has 0 spiro atoms. The molecule has 1 aliphatic carbocycles. The monoisotopic (exact) mass is 480 g/mol. The van der Waals surface area contributed by atoms with Crippen molar-refractivity contribution in [3.63, 3.8) is 0 Å². The maximum absolute atomic E-state index is 13.1. The molecule has 9 heteroatoms. The molecule has 0 saturated heterocycles. The van der Waals surface area contributed by atoms with Gasteiger partial charge in [-0.05, 0) is 56.3 Å². The minimum Gasteiger partial charge on any atom is -0.497 e. The van der Waals surface area contributed by atoms with Crippen LogP contribution in [-0.4, -0.2) is 49.1 Å². The molecular weight excluding hydrogens is 452 g/mol. The molecule has 0 amide bonds. The van der Waals surface area contributed by atoms with Gasteiger partial charge in [-0.25, -0.2) is 4.79 Å². The van der Waals surface area contributed by atoms with Crippen molar-refractivity contribution < 1.29 is 34.2 Å². The van der Waals surface area contributed by atoms with E-state index in [4.69, 9.17) is 18.9 Å². The molecule has 2 aromatic rings. The number of fused-ring (bicyclic) bond motifs is 1. The van der Waals surface area contributed by atoms with Crippen LogP contribution in [0.3, 0.4) is 0 Å². The van der Waals surface area contributed by atoms with Crippen molar-refractivity contribution in [2.24, 2.45) is 10.3 Å². The van der Waals surface area contributed by atoms with E-state index in [0.717, 1.165) is 5.57 Å². The Morgan fingerprint density at radius 1 is 0.943 bits per heavy atom. The Labute approximate surface area is 203 Å². The summed E-state index contributed by atoms with van der Waals surface area (Å²) in [6, 6.07) is 8.26. The highest BCUT2D eigenvalue weighted by Crippen LogP contribution is 2.42. The number of carbonyl (C=O) groups is 1. The van der Waals surface area contributed by atoms with Crippen molar-refractivity contribution in [1.82, 2.24) is 0 Å². The number of methoxy groups -OCH3 is 3. The first-order valence-electron chi connectivity index (χ1n) is 10.8. The molecule has 9 nitrogen and oxygen atoms in total. The first-order chi connectivity index (χ1) is 16.9. The third-order valence-electron chi connectivity index (χ3n) is 5.49. The molecule has 184 valence electrons. The molecule has 0 fully saturated rings. The zero-order valence-electron chi connectivity index (χ0n) is 20.2. The maximum atomic E-state index is 13.1. The van der Waals surface area contributed by atoms with Gasteiger partial charge in [-0.1, -0.05) is 22.0 Å². The van der Waals surface area contributed by atoms with E-state index >= 15 is 0 Å². The van der Waals surface area contributed by atoms with Crippen LogP contribution >= 0.6 is 0 Å². The van der Waals surface area contributed by atoms with Gasteiger partial charge in [0.25, 0.3) is 0 Å². The molecule has 2 aromatic carbocycles. The molecule has 0 bridgehead atoms. The quantitative estimate of drug-likeness (QED) is 0.239. The van der Waals surface area contributed by atoms with Gasteiger partial charge in [0.15, 0.2) is 0 Å². The van der Waals surface area contributed by atoms with Crippen LogP contribution in [0.4, 0.5) is 0 Å². The van der Waals surface area contributed by atoms with E-state index in [0.29, 0.717) is 45.9 Å². The number of hydrogen-bond donors (Lipinski definition) is 2. The Kier molecular flexibility index (Phi) is 8.14. The van der Waals surface area contributed by atoms with Crippen LogP contribution in [0.5, 0.6) is 17.2 Å². The Hall–Kier alpha value is -4.27. The summed E-state index contributed by atoms with van der Waals surface area (Å²) in [6.07, 6.45) is 4.50. The molecule has 0 aromatic heterocycles. The second-order valence-corrected chi connectivity index (χ2v) is 7.89. The third-order valence-corrected chi connectivity index (χ3v) is 5.49.